The maximum atomic E-state index is 13.2. The third-order valence-corrected chi connectivity index (χ3v) is 6.17. The van der Waals surface area contributed by atoms with Gasteiger partial charge < -0.3 is 4.74 Å². The van der Waals surface area contributed by atoms with Gasteiger partial charge in [0.2, 0.25) is 0 Å². The number of amides is 1. The average Bonchev–Trinajstić information content (AvgIpc) is 3.37. The normalized spacial score (nSPS) is 16.2. The van der Waals surface area contributed by atoms with Crippen molar-refractivity contribution >= 4 is 57.2 Å². The zero-order valence-electron chi connectivity index (χ0n) is 15.1. The van der Waals surface area contributed by atoms with Gasteiger partial charge in [-0.3, -0.25) is 14.7 Å². The Kier molecular flexibility index (Phi) is 6.37. The summed E-state index contributed by atoms with van der Waals surface area (Å²) >= 11 is 19.7. The topological polar surface area (TPSA) is 55.3 Å². The lowest BCUT2D eigenvalue weighted by Crippen LogP contribution is -2.38. The van der Waals surface area contributed by atoms with Gasteiger partial charge in [-0.1, -0.05) is 34.8 Å². The Bertz CT molecular complexity index is 1040. The van der Waals surface area contributed by atoms with E-state index in [2.05, 4.69) is 9.97 Å². The molecule has 1 fully saturated rings. The molecule has 150 valence electrons. The van der Waals surface area contributed by atoms with Crippen molar-refractivity contribution in [3.05, 3.63) is 62.7 Å². The summed E-state index contributed by atoms with van der Waals surface area (Å²) in [5, 5.41) is 3.92. The van der Waals surface area contributed by atoms with Crippen LogP contribution in [-0.2, 0) is 4.74 Å². The molecule has 29 heavy (non-hydrogen) atoms. The average molecular weight is 469 g/mol. The third-order valence-electron chi connectivity index (χ3n) is 4.53. The van der Waals surface area contributed by atoms with E-state index in [1.165, 1.54) is 17.5 Å². The van der Waals surface area contributed by atoms with Crippen molar-refractivity contribution in [3.63, 3.8) is 0 Å². The lowest BCUT2D eigenvalue weighted by Gasteiger charge is -2.22. The minimum absolute atomic E-state index is 0.0374. The highest BCUT2D eigenvalue weighted by molar-refractivity contribution is 7.14. The van der Waals surface area contributed by atoms with Crippen LogP contribution in [0.3, 0.4) is 0 Å². The molecule has 1 saturated heterocycles. The van der Waals surface area contributed by atoms with E-state index in [1.54, 1.807) is 29.2 Å². The molecular weight excluding hydrogens is 453 g/mol. The van der Waals surface area contributed by atoms with Gasteiger partial charge in [-0.15, -0.1) is 11.3 Å². The molecule has 0 radical (unpaired) electrons. The quantitative estimate of drug-likeness (QED) is 0.461. The molecule has 1 aliphatic rings. The van der Waals surface area contributed by atoms with Crippen LogP contribution in [0.4, 0.5) is 5.13 Å². The van der Waals surface area contributed by atoms with Crippen LogP contribution in [0.2, 0.25) is 15.1 Å². The number of anilines is 1. The minimum Gasteiger partial charge on any atom is -0.376 e. The molecular formula is C20H16Cl3N3O2S. The fourth-order valence-corrected chi connectivity index (χ4v) is 4.61. The number of carbonyl (C=O) groups is 1. The molecule has 0 saturated carbocycles. The summed E-state index contributed by atoms with van der Waals surface area (Å²) in [6.07, 6.45) is 3.35. The first-order valence-corrected chi connectivity index (χ1v) is 11.0. The first-order valence-electron chi connectivity index (χ1n) is 8.97. The third kappa shape index (κ3) is 4.73. The number of halogens is 3. The van der Waals surface area contributed by atoms with Gasteiger partial charge in [-0.2, -0.15) is 0 Å². The zero-order valence-corrected chi connectivity index (χ0v) is 18.2. The predicted octanol–water partition coefficient (Wildman–Crippen LogP) is 5.99. The first kappa shape index (κ1) is 20.6. The van der Waals surface area contributed by atoms with E-state index < -0.39 is 0 Å². The van der Waals surface area contributed by atoms with E-state index >= 15 is 0 Å². The molecule has 0 N–H and O–H groups in total. The Hall–Kier alpha value is -1.70. The molecule has 4 rings (SSSR count). The van der Waals surface area contributed by atoms with Crippen LogP contribution < -0.4 is 4.90 Å². The van der Waals surface area contributed by atoms with Gasteiger partial charge >= 0.3 is 0 Å². The van der Waals surface area contributed by atoms with Crippen molar-refractivity contribution in [2.45, 2.75) is 18.9 Å². The fourth-order valence-electron chi connectivity index (χ4n) is 3.11. The van der Waals surface area contributed by atoms with Crippen LogP contribution >= 0.6 is 46.1 Å². The Morgan fingerprint density at radius 3 is 2.76 bits per heavy atom. The Balaban J connectivity index is 1.67. The van der Waals surface area contributed by atoms with Crippen molar-refractivity contribution in [2.75, 3.05) is 18.1 Å². The summed E-state index contributed by atoms with van der Waals surface area (Å²) in [7, 11) is 0. The highest BCUT2D eigenvalue weighted by atomic mass is 35.5. The van der Waals surface area contributed by atoms with Gasteiger partial charge in [-0.25, -0.2) is 4.98 Å². The molecule has 3 aromatic rings. The molecule has 1 atom stereocenters. The summed E-state index contributed by atoms with van der Waals surface area (Å²) in [6.45, 7) is 1.10. The summed E-state index contributed by atoms with van der Waals surface area (Å²) in [4.78, 5) is 23.7. The van der Waals surface area contributed by atoms with Gasteiger partial charge in [0.15, 0.2) is 5.13 Å². The predicted molar refractivity (Wildman–Crippen MR) is 117 cm³/mol. The van der Waals surface area contributed by atoms with E-state index in [4.69, 9.17) is 39.5 Å². The molecule has 1 amide bonds. The number of pyridine rings is 1. The molecule has 1 aromatic carbocycles. The van der Waals surface area contributed by atoms with Crippen molar-refractivity contribution in [1.29, 1.82) is 0 Å². The molecule has 2 aromatic heterocycles. The maximum Gasteiger partial charge on any atom is 0.278 e. The maximum absolute atomic E-state index is 13.2. The van der Waals surface area contributed by atoms with Crippen LogP contribution in [0.1, 0.15) is 23.3 Å². The van der Waals surface area contributed by atoms with Crippen LogP contribution in [0.25, 0.3) is 11.3 Å². The SMILES string of the molecule is O=C(c1cc(Cl)ccn1)N(CC1CCCO1)c1nc(-c2ccc(Cl)cc2Cl)cs1. The van der Waals surface area contributed by atoms with E-state index in [0.717, 1.165) is 18.4 Å². The molecule has 1 aliphatic heterocycles. The van der Waals surface area contributed by atoms with Crippen molar-refractivity contribution in [3.8, 4) is 11.3 Å². The van der Waals surface area contributed by atoms with E-state index in [0.29, 0.717) is 39.0 Å². The number of hydrogen-bond donors (Lipinski definition) is 0. The molecule has 0 spiro atoms. The van der Waals surface area contributed by atoms with E-state index in [1.807, 2.05) is 11.4 Å². The first-order chi connectivity index (χ1) is 14.0. The number of benzene rings is 1. The molecule has 3 heterocycles. The number of hydrogen-bond acceptors (Lipinski definition) is 5. The number of ether oxygens (including phenoxy) is 1. The van der Waals surface area contributed by atoms with Crippen LogP contribution in [0.5, 0.6) is 0 Å². The second-order valence-electron chi connectivity index (χ2n) is 6.55. The number of nitrogens with zero attached hydrogens (tertiary/aromatic N) is 3. The Labute approximate surface area is 187 Å². The van der Waals surface area contributed by atoms with Crippen LogP contribution in [0, 0.1) is 0 Å². The molecule has 5 nitrogen and oxygen atoms in total. The van der Waals surface area contributed by atoms with Crippen molar-refractivity contribution < 1.29 is 9.53 Å². The van der Waals surface area contributed by atoms with Gasteiger partial charge in [0.25, 0.3) is 5.91 Å². The minimum atomic E-state index is -0.272. The van der Waals surface area contributed by atoms with E-state index in [-0.39, 0.29) is 17.7 Å². The van der Waals surface area contributed by atoms with Gasteiger partial charge in [0, 0.05) is 33.8 Å². The monoisotopic (exact) mass is 467 g/mol. The van der Waals surface area contributed by atoms with Crippen LogP contribution in [0.15, 0.2) is 41.9 Å². The highest BCUT2D eigenvalue weighted by Gasteiger charge is 2.28. The standard InChI is InChI=1S/C20H16Cl3N3O2S/c21-12-3-4-15(16(23)8-12)18-11-29-20(25-18)26(10-14-2-1-7-28-14)19(27)17-9-13(22)5-6-24-17/h3-6,8-9,11,14H,1-2,7,10H2. The fraction of sp³-hybridized carbons (Fsp3) is 0.250. The zero-order chi connectivity index (χ0) is 20.4. The lowest BCUT2D eigenvalue weighted by molar-refractivity contribution is 0.0913. The lowest BCUT2D eigenvalue weighted by atomic mass is 10.2. The summed E-state index contributed by atoms with van der Waals surface area (Å²) in [6, 6.07) is 8.42. The molecule has 0 aliphatic carbocycles. The number of rotatable bonds is 5. The second-order valence-corrected chi connectivity index (χ2v) is 8.67. The van der Waals surface area contributed by atoms with E-state index in [9.17, 15) is 4.79 Å². The number of carbonyl (C=O) groups excluding carboxylic acids is 1. The summed E-state index contributed by atoms with van der Waals surface area (Å²) in [5.74, 6) is -0.272. The van der Waals surface area contributed by atoms with Crippen molar-refractivity contribution in [1.82, 2.24) is 9.97 Å². The number of thiazole rings is 1. The highest BCUT2D eigenvalue weighted by Crippen LogP contribution is 2.34. The molecule has 9 heteroatoms. The smallest absolute Gasteiger partial charge is 0.278 e. The van der Waals surface area contributed by atoms with Gasteiger partial charge in [0.1, 0.15) is 5.69 Å². The number of aromatic nitrogens is 2. The Morgan fingerprint density at radius 2 is 2.03 bits per heavy atom. The summed E-state index contributed by atoms with van der Waals surface area (Å²) < 4.78 is 5.74. The largest absolute Gasteiger partial charge is 0.376 e. The van der Waals surface area contributed by atoms with Crippen LogP contribution in [-0.4, -0.2) is 35.1 Å². The van der Waals surface area contributed by atoms with Gasteiger partial charge in [-0.05, 0) is 43.2 Å². The van der Waals surface area contributed by atoms with Gasteiger partial charge in [0.05, 0.1) is 23.4 Å². The second kappa shape index (κ2) is 8.98. The Morgan fingerprint density at radius 1 is 1.21 bits per heavy atom. The molecule has 1 unspecified atom stereocenters. The molecule has 0 bridgehead atoms. The summed E-state index contributed by atoms with van der Waals surface area (Å²) in [5.41, 5.74) is 1.69. The van der Waals surface area contributed by atoms with Crippen molar-refractivity contribution in [2.24, 2.45) is 0 Å².